The molecule has 13 nitrogen and oxygen atoms in total. The van der Waals surface area contributed by atoms with Crippen molar-refractivity contribution in [3.63, 3.8) is 0 Å². The molecule has 0 radical (unpaired) electrons. The molecular weight excluding hydrogens is 424 g/mol. The van der Waals surface area contributed by atoms with Gasteiger partial charge in [-0.25, -0.2) is 14.5 Å². The van der Waals surface area contributed by atoms with Crippen LogP contribution in [0.25, 0.3) is 0 Å². The number of urea groups is 1. The maximum absolute atomic E-state index is 12.6. The molecule has 0 spiro atoms. The molecule has 172 valence electrons. The highest BCUT2D eigenvalue weighted by Crippen LogP contribution is 2.31. The summed E-state index contributed by atoms with van der Waals surface area (Å²) in [6, 6.07) is -2.18. The van der Waals surface area contributed by atoms with Crippen LogP contribution in [0, 0.1) is 5.41 Å². The van der Waals surface area contributed by atoms with Crippen LogP contribution in [0.4, 0.5) is 4.79 Å². The van der Waals surface area contributed by atoms with Crippen molar-refractivity contribution in [3.8, 4) is 0 Å². The molecule has 2 saturated heterocycles. The van der Waals surface area contributed by atoms with Gasteiger partial charge in [-0.05, 0) is 33.6 Å². The van der Waals surface area contributed by atoms with E-state index in [-0.39, 0.29) is 26.3 Å². The minimum absolute atomic E-state index is 0.109. The van der Waals surface area contributed by atoms with Crippen molar-refractivity contribution in [1.82, 2.24) is 15.4 Å². The SMILES string of the molecule is CCOC(=O)C(C)(C)COS(=O)(=O)ON1C(=O)N2C[C@H]1CC[C@H]2C(=O)NOCCN. The van der Waals surface area contributed by atoms with Crippen LogP contribution in [0.3, 0.4) is 0 Å². The number of piperidine rings is 1. The van der Waals surface area contributed by atoms with Gasteiger partial charge in [0.05, 0.1) is 31.3 Å². The summed E-state index contributed by atoms with van der Waals surface area (Å²) in [5.74, 6) is -1.17. The number of fused-ring (bicyclic) bond motifs is 2. The van der Waals surface area contributed by atoms with E-state index >= 15 is 0 Å². The second kappa shape index (κ2) is 9.87. The first kappa shape index (κ1) is 24.3. The zero-order valence-electron chi connectivity index (χ0n) is 17.2. The molecule has 2 fully saturated rings. The maximum Gasteiger partial charge on any atom is 0.421 e. The lowest BCUT2D eigenvalue weighted by Crippen LogP contribution is -2.50. The zero-order chi connectivity index (χ0) is 22.5. The van der Waals surface area contributed by atoms with Gasteiger partial charge >= 0.3 is 22.4 Å². The summed E-state index contributed by atoms with van der Waals surface area (Å²) in [5.41, 5.74) is 6.25. The molecule has 0 unspecified atom stereocenters. The third-order valence-corrected chi connectivity index (χ3v) is 5.33. The average molecular weight is 452 g/mol. The lowest BCUT2D eigenvalue weighted by atomic mass is 9.95. The van der Waals surface area contributed by atoms with Crippen LogP contribution < -0.4 is 11.2 Å². The lowest BCUT2D eigenvalue weighted by molar-refractivity contribution is -0.155. The first-order valence-electron chi connectivity index (χ1n) is 9.50. The Balaban J connectivity index is 1.97. The van der Waals surface area contributed by atoms with E-state index in [0.29, 0.717) is 17.9 Å². The van der Waals surface area contributed by atoms with E-state index in [0.717, 1.165) is 0 Å². The standard InChI is InChI=1S/C16H28N4O9S/c1-4-26-14(22)16(2,3)10-28-30(24,25)29-20-11-5-6-12(19(9-11)15(20)23)13(21)18-27-8-7-17/h11-12H,4-10,17H2,1-3H3,(H,18,21)/t11-,12+/m1/s1. The largest absolute Gasteiger partial charge is 0.466 e. The molecule has 0 aromatic rings. The molecule has 14 heteroatoms. The van der Waals surface area contributed by atoms with Crippen LogP contribution in [0.2, 0.25) is 0 Å². The number of carbonyl (C=O) groups is 3. The third kappa shape index (κ3) is 5.78. The number of ether oxygens (including phenoxy) is 1. The van der Waals surface area contributed by atoms with Gasteiger partial charge in [-0.1, -0.05) is 0 Å². The zero-order valence-corrected chi connectivity index (χ0v) is 18.0. The van der Waals surface area contributed by atoms with Crippen molar-refractivity contribution >= 4 is 28.3 Å². The molecule has 0 aromatic heterocycles. The van der Waals surface area contributed by atoms with Crippen LogP contribution in [-0.2, 0) is 38.0 Å². The predicted molar refractivity (Wildman–Crippen MR) is 100 cm³/mol. The van der Waals surface area contributed by atoms with Gasteiger partial charge < -0.3 is 15.4 Å². The lowest BCUT2D eigenvalue weighted by Gasteiger charge is -2.28. The van der Waals surface area contributed by atoms with Gasteiger partial charge in [0.25, 0.3) is 5.91 Å². The van der Waals surface area contributed by atoms with E-state index in [1.807, 2.05) is 0 Å². The van der Waals surface area contributed by atoms with Crippen LogP contribution in [0.15, 0.2) is 0 Å². The number of esters is 1. The van der Waals surface area contributed by atoms with Gasteiger partial charge in [0.1, 0.15) is 6.04 Å². The van der Waals surface area contributed by atoms with Gasteiger partial charge in [-0.3, -0.25) is 14.4 Å². The Morgan fingerprint density at radius 2 is 2.00 bits per heavy atom. The highest BCUT2D eigenvalue weighted by molar-refractivity contribution is 7.81. The summed E-state index contributed by atoms with van der Waals surface area (Å²) in [7, 11) is -4.64. The predicted octanol–water partition coefficient (Wildman–Crippen LogP) is -0.956. The van der Waals surface area contributed by atoms with Crippen LogP contribution in [0.1, 0.15) is 33.6 Å². The Morgan fingerprint density at radius 3 is 2.63 bits per heavy atom. The van der Waals surface area contributed by atoms with E-state index in [9.17, 15) is 22.8 Å². The molecule has 2 atom stereocenters. The summed E-state index contributed by atoms with van der Waals surface area (Å²) < 4.78 is 38.9. The molecule has 2 aliphatic rings. The molecule has 2 bridgehead atoms. The number of hydrogen-bond donors (Lipinski definition) is 2. The van der Waals surface area contributed by atoms with Crippen molar-refractivity contribution in [2.75, 3.05) is 32.9 Å². The number of carbonyl (C=O) groups excluding carboxylic acids is 3. The van der Waals surface area contributed by atoms with Gasteiger partial charge in [-0.15, -0.1) is 4.28 Å². The number of hydrogen-bond acceptors (Lipinski definition) is 10. The molecule has 2 aliphatic heterocycles. The number of nitrogens with one attached hydrogen (secondary N) is 1. The van der Waals surface area contributed by atoms with E-state index in [1.165, 1.54) is 18.7 Å². The van der Waals surface area contributed by atoms with Gasteiger partial charge in [0.15, 0.2) is 0 Å². The summed E-state index contributed by atoms with van der Waals surface area (Å²) in [4.78, 5) is 42.8. The van der Waals surface area contributed by atoms with E-state index in [1.54, 1.807) is 6.92 Å². The second-order valence-electron chi connectivity index (χ2n) is 7.46. The Kier molecular flexibility index (Phi) is 7.99. The molecular formula is C16H28N4O9S. The summed E-state index contributed by atoms with van der Waals surface area (Å²) in [6.07, 6.45) is 0.631. The smallest absolute Gasteiger partial charge is 0.421 e. The first-order chi connectivity index (χ1) is 14.0. The molecule has 3 N–H and O–H groups in total. The molecule has 0 saturated carbocycles. The molecule has 0 aliphatic carbocycles. The Hall–Kier alpha value is -2.00. The Bertz CT molecular complexity index is 758. The van der Waals surface area contributed by atoms with Crippen molar-refractivity contribution in [2.24, 2.45) is 11.1 Å². The number of rotatable bonds is 11. The van der Waals surface area contributed by atoms with Crippen LogP contribution in [-0.4, -0.2) is 81.3 Å². The summed E-state index contributed by atoms with van der Waals surface area (Å²) >= 11 is 0. The molecule has 2 heterocycles. The second-order valence-corrected chi connectivity index (χ2v) is 8.66. The van der Waals surface area contributed by atoms with Crippen LogP contribution >= 0.6 is 0 Å². The van der Waals surface area contributed by atoms with Crippen molar-refractivity contribution in [1.29, 1.82) is 0 Å². The number of nitrogens with zero attached hydrogens (tertiary/aromatic N) is 2. The minimum atomic E-state index is -4.64. The summed E-state index contributed by atoms with van der Waals surface area (Å²) in [6.45, 7) is 4.57. The molecule has 3 amide bonds. The number of hydroxylamine groups is 3. The van der Waals surface area contributed by atoms with Gasteiger partial charge in [0.2, 0.25) is 0 Å². The highest BCUT2D eigenvalue weighted by atomic mass is 32.3. The van der Waals surface area contributed by atoms with Crippen molar-refractivity contribution in [3.05, 3.63) is 0 Å². The average Bonchev–Trinajstić information content (AvgIpc) is 2.91. The summed E-state index contributed by atoms with van der Waals surface area (Å²) in [5, 5.41) is 0.681. The topological polar surface area (TPSA) is 167 Å². The van der Waals surface area contributed by atoms with E-state index < -0.39 is 52.4 Å². The Morgan fingerprint density at radius 1 is 1.30 bits per heavy atom. The normalized spacial score (nSPS) is 21.7. The fourth-order valence-electron chi connectivity index (χ4n) is 2.98. The van der Waals surface area contributed by atoms with Crippen molar-refractivity contribution < 1.29 is 40.8 Å². The number of nitrogens with two attached hydrogens (primary N) is 1. The van der Waals surface area contributed by atoms with Gasteiger partial charge in [0, 0.05) is 13.1 Å². The maximum atomic E-state index is 12.6. The fourth-order valence-corrected chi connectivity index (χ4v) is 3.84. The van der Waals surface area contributed by atoms with Crippen molar-refractivity contribution in [2.45, 2.75) is 45.7 Å². The molecule has 30 heavy (non-hydrogen) atoms. The fraction of sp³-hybridized carbons (Fsp3) is 0.812. The Labute approximate surface area is 175 Å². The monoisotopic (exact) mass is 452 g/mol. The molecule has 2 rings (SSSR count). The highest BCUT2D eigenvalue weighted by Gasteiger charge is 2.49. The minimum Gasteiger partial charge on any atom is -0.466 e. The van der Waals surface area contributed by atoms with Crippen LogP contribution in [0.5, 0.6) is 0 Å². The first-order valence-corrected chi connectivity index (χ1v) is 10.8. The van der Waals surface area contributed by atoms with Gasteiger partial charge in [-0.2, -0.15) is 13.5 Å². The van der Waals surface area contributed by atoms with E-state index in [4.69, 9.17) is 23.8 Å². The number of amides is 3. The molecule has 0 aromatic carbocycles. The quantitative estimate of drug-likeness (QED) is 0.226. The third-order valence-electron chi connectivity index (χ3n) is 4.58. The van der Waals surface area contributed by atoms with E-state index in [2.05, 4.69) is 5.48 Å².